The van der Waals surface area contributed by atoms with Crippen LogP contribution in [-0.2, 0) is 4.74 Å². The molecular formula is C19H29BrO2. The van der Waals surface area contributed by atoms with Gasteiger partial charge in [0.15, 0.2) is 0 Å². The molecule has 5 rings (SSSR count). The number of hydrogen-bond donors (Lipinski definition) is 1. The Bertz CT molecular complexity index is 510. The van der Waals surface area contributed by atoms with E-state index in [9.17, 15) is 5.11 Å². The summed E-state index contributed by atoms with van der Waals surface area (Å²) < 4.78 is 6.37. The first kappa shape index (κ1) is 14.7. The summed E-state index contributed by atoms with van der Waals surface area (Å²) in [6.45, 7) is 5.06. The third-order valence-electron chi connectivity index (χ3n) is 8.94. The van der Waals surface area contributed by atoms with E-state index < -0.39 is 0 Å². The Balaban J connectivity index is 1.51. The highest BCUT2D eigenvalue weighted by Gasteiger charge is 2.75. The van der Waals surface area contributed by atoms with Crippen LogP contribution in [0.25, 0.3) is 0 Å². The first-order chi connectivity index (χ1) is 10.4. The van der Waals surface area contributed by atoms with Crippen LogP contribution in [0.4, 0.5) is 0 Å². The predicted octanol–water partition coefficient (Wildman–Crippen LogP) is 4.28. The van der Waals surface area contributed by atoms with Gasteiger partial charge in [0.25, 0.3) is 0 Å². The van der Waals surface area contributed by atoms with Gasteiger partial charge in [-0.1, -0.05) is 29.8 Å². The van der Waals surface area contributed by atoms with E-state index in [2.05, 4.69) is 29.8 Å². The van der Waals surface area contributed by atoms with Gasteiger partial charge in [-0.05, 0) is 68.1 Å². The van der Waals surface area contributed by atoms with E-state index in [-0.39, 0.29) is 11.7 Å². The number of aliphatic hydroxyl groups is 1. The summed E-state index contributed by atoms with van der Waals surface area (Å²) in [5.41, 5.74) is 0.887. The van der Waals surface area contributed by atoms with Crippen molar-refractivity contribution in [3.8, 4) is 0 Å². The molecule has 0 aromatic heterocycles. The Morgan fingerprint density at radius 2 is 1.86 bits per heavy atom. The maximum absolute atomic E-state index is 10.2. The summed E-state index contributed by atoms with van der Waals surface area (Å²) in [5.74, 6) is 2.58. The molecule has 0 radical (unpaired) electrons. The maximum Gasteiger partial charge on any atom is 0.103 e. The molecule has 22 heavy (non-hydrogen) atoms. The predicted molar refractivity (Wildman–Crippen MR) is 89.9 cm³/mol. The Hall–Kier alpha value is 0.400. The lowest BCUT2D eigenvalue weighted by atomic mass is 9.45. The zero-order chi connectivity index (χ0) is 15.3. The van der Waals surface area contributed by atoms with Crippen molar-refractivity contribution >= 4 is 15.9 Å². The second-order valence-corrected chi connectivity index (χ2v) is 10.6. The minimum atomic E-state index is -0.123. The van der Waals surface area contributed by atoms with Crippen molar-refractivity contribution in [3.63, 3.8) is 0 Å². The number of hydrogen-bond acceptors (Lipinski definition) is 2. The topological polar surface area (TPSA) is 32.8 Å². The Morgan fingerprint density at radius 1 is 1.05 bits per heavy atom. The van der Waals surface area contributed by atoms with Gasteiger partial charge in [0.05, 0.1) is 12.2 Å². The highest BCUT2D eigenvalue weighted by atomic mass is 79.9. The van der Waals surface area contributed by atoms with Gasteiger partial charge in [-0.3, -0.25) is 0 Å². The summed E-state index contributed by atoms with van der Waals surface area (Å²) in [4.78, 5) is 0.721. The fourth-order valence-electron chi connectivity index (χ4n) is 7.59. The molecular weight excluding hydrogens is 340 g/mol. The van der Waals surface area contributed by atoms with Crippen LogP contribution >= 0.6 is 15.9 Å². The van der Waals surface area contributed by atoms with Crippen LogP contribution in [0.2, 0.25) is 0 Å². The molecule has 1 heterocycles. The van der Waals surface area contributed by atoms with Crippen LogP contribution < -0.4 is 0 Å². The molecule has 2 nitrogen and oxygen atoms in total. The Kier molecular flexibility index (Phi) is 2.89. The van der Waals surface area contributed by atoms with Gasteiger partial charge in [-0.2, -0.15) is 0 Å². The van der Waals surface area contributed by atoms with Gasteiger partial charge in [0.2, 0.25) is 0 Å². The first-order valence-corrected chi connectivity index (χ1v) is 10.3. The Morgan fingerprint density at radius 3 is 2.68 bits per heavy atom. The normalized spacial score (nSPS) is 66.0. The maximum atomic E-state index is 10.2. The van der Waals surface area contributed by atoms with E-state index in [4.69, 9.17) is 4.74 Å². The van der Waals surface area contributed by atoms with Crippen molar-refractivity contribution in [2.75, 3.05) is 0 Å². The van der Waals surface area contributed by atoms with E-state index in [1.165, 1.54) is 38.5 Å². The average molecular weight is 369 g/mol. The zero-order valence-electron chi connectivity index (χ0n) is 13.9. The monoisotopic (exact) mass is 368 g/mol. The van der Waals surface area contributed by atoms with E-state index in [0.29, 0.717) is 16.9 Å². The van der Waals surface area contributed by atoms with Gasteiger partial charge in [-0.15, -0.1) is 0 Å². The molecule has 5 aliphatic rings. The number of ether oxygens (including phenoxy) is 1. The minimum absolute atomic E-state index is 0.0476. The van der Waals surface area contributed by atoms with Crippen LogP contribution in [0, 0.1) is 28.6 Å². The lowest BCUT2D eigenvalue weighted by Gasteiger charge is -2.59. The van der Waals surface area contributed by atoms with Gasteiger partial charge >= 0.3 is 0 Å². The molecule has 9 atom stereocenters. The van der Waals surface area contributed by atoms with Gasteiger partial charge < -0.3 is 9.84 Å². The molecule has 0 aromatic carbocycles. The van der Waals surface area contributed by atoms with E-state index in [1.807, 2.05) is 0 Å². The number of fused-ring (bicyclic) bond motifs is 4. The highest BCUT2D eigenvalue weighted by molar-refractivity contribution is 9.09. The highest BCUT2D eigenvalue weighted by Crippen LogP contribution is 2.73. The first-order valence-electron chi connectivity index (χ1n) is 9.41. The molecule has 0 aromatic rings. The molecule has 1 saturated heterocycles. The van der Waals surface area contributed by atoms with Crippen LogP contribution in [-0.4, -0.2) is 27.7 Å². The molecule has 3 heteroatoms. The van der Waals surface area contributed by atoms with Crippen LogP contribution in [0.5, 0.6) is 0 Å². The summed E-state index contributed by atoms with van der Waals surface area (Å²) in [6, 6.07) is 0. The van der Waals surface area contributed by atoms with Crippen molar-refractivity contribution in [2.45, 2.75) is 87.9 Å². The van der Waals surface area contributed by atoms with Gasteiger partial charge in [0, 0.05) is 16.7 Å². The molecule has 0 unspecified atom stereocenters. The second-order valence-electron chi connectivity index (χ2n) is 9.51. The smallest absolute Gasteiger partial charge is 0.103 e. The summed E-state index contributed by atoms with van der Waals surface area (Å²) in [6.07, 6.45) is 10.2. The fraction of sp³-hybridized carbons (Fsp3) is 1.00. The van der Waals surface area contributed by atoms with E-state index >= 15 is 0 Å². The number of epoxide rings is 1. The number of halogens is 1. The molecule has 0 bridgehead atoms. The molecule has 5 fully saturated rings. The second kappa shape index (κ2) is 4.32. The molecule has 1 aliphatic heterocycles. The third kappa shape index (κ3) is 1.55. The molecule has 1 spiro atoms. The van der Waals surface area contributed by atoms with Crippen molar-refractivity contribution in [3.05, 3.63) is 0 Å². The number of rotatable bonds is 0. The van der Waals surface area contributed by atoms with Crippen molar-refractivity contribution in [1.29, 1.82) is 0 Å². The molecule has 4 aliphatic carbocycles. The lowest BCUT2D eigenvalue weighted by molar-refractivity contribution is -0.107. The number of alkyl halides is 1. The van der Waals surface area contributed by atoms with Crippen molar-refractivity contribution in [2.24, 2.45) is 28.6 Å². The van der Waals surface area contributed by atoms with Crippen LogP contribution in [0.3, 0.4) is 0 Å². The van der Waals surface area contributed by atoms with E-state index in [0.717, 1.165) is 35.4 Å². The van der Waals surface area contributed by atoms with Crippen molar-refractivity contribution in [1.82, 2.24) is 0 Å². The standard InChI is InChI=1S/C19H29BrO2/c1-17-7-6-14-12(13(17)3-4-15(17)20)9-16-19(22-16)10-11(21)5-8-18(14,19)2/h11-16,21H,3-10H2,1-2H3/t11-,12-,13-,14-,15-,16+,17-,18+,19+/m0/s1. The molecule has 1 N–H and O–H groups in total. The summed E-state index contributed by atoms with van der Waals surface area (Å²) >= 11 is 4.00. The number of aliphatic hydroxyl groups excluding tert-OH is 1. The fourth-order valence-corrected chi connectivity index (χ4v) is 8.43. The summed E-state index contributed by atoms with van der Waals surface area (Å²) in [7, 11) is 0. The minimum Gasteiger partial charge on any atom is -0.393 e. The third-order valence-corrected chi connectivity index (χ3v) is 10.4. The molecule has 124 valence electrons. The quantitative estimate of drug-likeness (QED) is 0.511. The molecule has 4 saturated carbocycles. The average Bonchev–Trinajstić information content (AvgIpc) is 3.08. The van der Waals surface area contributed by atoms with Gasteiger partial charge in [0.1, 0.15) is 5.60 Å². The van der Waals surface area contributed by atoms with Crippen LogP contribution in [0.1, 0.15) is 65.2 Å². The largest absolute Gasteiger partial charge is 0.393 e. The summed E-state index contributed by atoms with van der Waals surface area (Å²) in [5, 5.41) is 10.2. The zero-order valence-corrected chi connectivity index (χ0v) is 15.4. The van der Waals surface area contributed by atoms with Crippen LogP contribution in [0.15, 0.2) is 0 Å². The van der Waals surface area contributed by atoms with E-state index in [1.54, 1.807) is 0 Å². The van der Waals surface area contributed by atoms with Crippen molar-refractivity contribution < 1.29 is 9.84 Å². The Labute approximate surface area is 142 Å². The lowest BCUT2D eigenvalue weighted by Crippen LogP contribution is -2.58. The van der Waals surface area contributed by atoms with Gasteiger partial charge in [-0.25, -0.2) is 0 Å². The SMILES string of the molecule is C[C@]12CC[C@H]3[C@@H](C[C@H]4O[C@]45C[C@@H](O)CC[C@]35C)[C@@H]1CC[C@@H]2Br. The molecule has 0 amide bonds.